The van der Waals surface area contributed by atoms with Crippen molar-refractivity contribution in [2.45, 2.75) is 13.3 Å². The van der Waals surface area contributed by atoms with E-state index in [-0.39, 0.29) is 0 Å². The zero-order chi connectivity index (χ0) is 9.36. The molecule has 0 aliphatic rings. The van der Waals surface area contributed by atoms with Gasteiger partial charge in [-0.3, -0.25) is 0 Å². The first-order valence-corrected chi connectivity index (χ1v) is 4.13. The van der Waals surface area contributed by atoms with Crippen molar-refractivity contribution >= 4 is 0 Å². The number of allylic oxidation sites excluding steroid dienone is 2. The van der Waals surface area contributed by atoms with Gasteiger partial charge in [0.25, 0.3) is 0 Å². The Labute approximate surface area is 78.5 Å². The summed E-state index contributed by atoms with van der Waals surface area (Å²) in [6, 6.07) is 3.60. The summed E-state index contributed by atoms with van der Waals surface area (Å²) in [5.41, 5.74) is 0. The SMILES string of the molecule is CCC=CC#CC#Cc1ccco1. The maximum absolute atomic E-state index is 5.00. The molecule has 0 atom stereocenters. The van der Waals surface area contributed by atoms with E-state index in [1.165, 1.54) is 0 Å². The molecule has 0 bridgehead atoms. The molecule has 0 saturated carbocycles. The van der Waals surface area contributed by atoms with Crippen LogP contribution in [0.2, 0.25) is 0 Å². The van der Waals surface area contributed by atoms with Crippen molar-refractivity contribution in [2.75, 3.05) is 0 Å². The van der Waals surface area contributed by atoms with Crippen LogP contribution in [0.3, 0.4) is 0 Å². The van der Waals surface area contributed by atoms with Crippen LogP contribution in [-0.2, 0) is 0 Å². The van der Waals surface area contributed by atoms with Crippen molar-refractivity contribution in [3.05, 3.63) is 36.3 Å². The van der Waals surface area contributed by atoms with Crippen molar-refractivity contribution in [1.82, 2.24) is 0 Å². The Balaban J connectivity index is 2.48. The highest BCUT2D eigenvalue weighted by molar-refractivity contribution is 5.36. The van der Waals surface area contributed by atoms with Gasteiger partial charge in [-0.2, -0.15) is 0 Å². The van der Waals surface area contributed by atoms with E-state index in [9.17, 15) is 0 Å². The average Bonchev–Trinajstić information content (AvgIpc) is 2.63. The second kappa shape index (κ2) is 5.75. The van der Waals surface area contributed by atoms with Gasteiger partial charge in [-0.25, -0.2) is 0 Å². The van der Waals surface area contributed by atoms with Gasteiger partial charge in [0.1, 0.15) is 0 Å². The Morgan fingerprint density at radius 3 is 3.08 bits per heavy atom. The van der Waals surface area contributed by atoms with Crippen molar-refractivity contribution in [3.8, 4) is 23.7 Å². The third-order valence-electron chi connectivity index (χ3n) is 1.28. The molecule has 64 valence electrons. The molecule has 0 saturated heterocycles. The summed E-state index contributed by atoms with van der Waals surface area (Å²) in [4.78, 5) is 0. The summed E-state index contributed by atoms with van der Waals surface area (Å²) in [7, 11) is 0. The maximum atomic E-state index is 5.00. The van der Waals surface area contributed by atoms with Crippen molar-refractivity contribution in [2.24, 2.45) is 0 Å². The molecule has 0 spiro atoms. The zero-order valence-electron chi connectivity index (χ0n) is 7.50. The van der Waals surface area contributed by atoms with Gasteiger partial charge in [-0.15, -0.1) is 0 Å². The predicted molar refractivity (Wildman–Crippen MR) is 52.8 cm³/mol. The number of hydrogen-bond acceptors (Lipinski definition) is 1. The van der Waals surface area contributed by atoms with Gasteiger partial charge < -0.3 is 4.42 Å². The third kappa shape index (κ3) is 3.89. The van der Waals surface area contributed by atoms with Crippen molar-refractivity contribution in [3.63, 3.8) is 0 Å². The van der Waals surface area contributed by atoms with Crippen LogP contribution in [0.4, 0.5) is 0 Å². The van der Waals surface area contributed by atoms with Crippen LogP contribution in [0.15, 0.2) is 35.0 Å². The summed E-state index contributed by atoms with van der Waals surface area (Å²) >= 11 is 0. The summed E-state index contributed by atoms with van der Waals surface area (Å²) in [5.74, 6) is 11.6. The molecule has 0 aliphatic heterocycles. The van der Waals surface area contributed by atoms with Crippen molar-refractivity contribution < 1.29 is 4.42 Å². The fourth-order valence-corrected chi connectivity index (χ4v) is 0.697. The first-order valence-electron chi connectivity index (χ1n) is 4.13. The molecule has 1 aromatic rings. The molecular weight excluding hydrogens is 160 g/mol. The van der Waals surface area contributed by atoms with Gasteiger partial charge in [0.05, 0.1) is 6.26 Å². The molecule has 13 heavy (non-hydrogen) atoms. The fourth-order valence-electron chi connectivity index (χ4n) is 0.697. The minimum atomic E-state index is 0.647. The Kier molecular flexibility index (Phi) is 4.08. The Morgan fingerprint density at radius 1 is 1.46 bits per heavy atom. The first-order chi connectivity index (χ1) is 6.43. The van der Waals surface area contributed by atoms with Gasteiger partial charge in [0.15, 0.2) is 5.76 Å². The topological polar surface area (TPSA) is 13.1 Å². The fraction of sp³-hybridized carbons (Fsp3) is 0.167. The summed E-state index contributed by atoms with van der Waals surface area (Å²) in [6.07, 6.45) is 6.38. The van der Waals surface area contributed by atoms with Crippen LogP contribution < -0.4 is 0 Å². The first kappa shape index (κ1) is 9.23. The largest absolute Gasteiger partial charge is 0.456 e. The molecule has 1 heteroatoms. The van der Waals surface area contributed by atoms with E-state index in [1.807, 2.05) is 6.08 Å². The highest BCUT2D eigenvalue weighted by atomic mass is 16.3. The standard InChI is InChI=1S/C12H10O/c1-2-3-4-5-6-7-9-12-10-8-11-13-12/h3-4,8,10-11H,2H2,1H3. The zero-order valence-corrected chi connectivity index (χ0v) is 7.50. The summed E-state index contributed by atoms with van der Waals surface area (Å²) < 4.78 is 5.00. The molecule has 1 nitrogen and oxygen atoms in total. The van der Waals surface area contributed by atoms with Gasteiger partial charge in [-0.05, 0) is 42.4 Å². The van der Waals surface area contributed by atoms with E-state index in [4.69, 9.17) is 4.42 Å². The normalized spacial score (nSPS) is 8.69. The van der Waals surface area contributed by atoms with Gasteiger partial charge >= 0.3 is 0 Å². The van der Waals surface area contributed by atoms with Crippen LogP contribution in [0.1, 0.15) is 19.1 Å². The monoisotopic (exact) mass is 170 g/mol. The molecule has 0 amide bonds. The molecule has 0 aromatic carbocycles. The molecule has 0 N–H and O–H groups in total. The Bertz CT molecular complexity index is 374. The summed E-state index contributed by atoms with van der Waals surface area (Å²) in [5, 5.41) is 0. The molecule has 1 heterocycles. The van der Waals surface area contributed by atoms with E-state index in [1.54, 1.807) is 24.5 Å². The Hall–Kier alpha value is -1.86. The van der Waals surface area contributed by atoms with Crippen LogP contribution in [0.25, 0.3) is 0 Å². The lowest BCUT2D eigenvalue weighted by Gasteiger charge is -1.72. The van der Waals surface area contributed by atoms with Crippen LogP contribution in [0.5, 0.6) is 0 Å². The molecule has 0 radical (unpaired) electrons. The second-order valence-electron chi connectivity index (χ2n) is 2.31. The smallest absolute Gasteiger partial charge is 0.177 e. The molecular formula is C12H10O. The summed E-state index contributed by atoms with van der Waals surface area (Å²) in [6.45, 7) is 2.06. The Morgan fingerprint density at radius 2 is 2.38 bits per heavy atom. The number of furan rings is 1. The van der Waals surface area contributed by atoms with Crippen LogP contribution in [-0.4, -0.2) is 0 Å². The van der Waals surface area contributed by atoms with Gasteiger partial charge in [-0.1, -0.05) is 18.9 Å². The average molecular weight is 170 g/mol. The third-order valence-corrected chi connectivity index (χ3v) is 1.28. The highest BCUT2D eigenvalue weighted by Crippen LogP contribution is 1.95. The lowest BCUT2D eigenvalue weighted by atomic mass is 10.4. The number of rotatable bonds is 1. The van der Waals surface area contributed by atoms with Crippen LogP contribution >= 0.6 is 0 Å². The van der Waals surface area contributed by atoms with E-state index < -0.39 is 0 Å². The molecule has 0 aliphatic carbocycles. The lowest BCUT2D eigenvalue weighted by Crippen LogP contribution is -1.60. The molecule has 0 unspecified atom stereocenters. The minimum Gasteiger partial charge on any atom is -0.456 e. The lowest BCUT2D eigenvalue weighted by molar-refractivity contribution is 0.554. The minimum absolute atomic E-state index is 0.647. The quantitative estimate of drug-likeness (QED) is 0.590. The molecule has 0 fully saturated rings. The second-order valence-corrected chi connectivity index (χ2v) is 2.31. The van der Waals surface area contributed by atoms with Gasteiger partial charge in [0, 0.05) is 0 Å². The van der Waals surface area contributed by atoms with Crippen molar-refractivity contribution in [1.29, 1.82) is 0 Å². The van der Waals surface area contributed by atoms with E-state index in [2.05, 4.69) is 30.6 Å². The molecule has 1 rings (SSSR count). The van der Waals surface area contributed by atoms with E-state index in [0.717, 1.165) is 6.42 Å². The van der Waals surface area contributed by atoms with Crippen LogP contribution in [0, 0.1) is 23.7 Å². The maximum Gasteiger partial charge on any atom is 0.177 e. The molecule has 1 aromatic heterocycles. The number of hydrogen-bond donors (Lipinski definition) is 0. The highest BCUT2D eigenvalue weighted by Gasteiger charge is 1.82. The van der Waals surface area contributed by atoms with E-state index >= 15 is 0 Å². The van der Waals surface area contributed by atoms with Gasteiger partial charge in [0.2, 0.25) is 0 Å². The predicted octanol–water partition coefficient (Wildman–Crippen LogP) is 2.60. The van der Waals surface area contributed by atoms with E-state index in [0.29, 0.717) is 5.76 Å².